The van der Waals surface area contributed by atoms with Gasteiger partial charge in [0.15, 0.2) is 0 Å². The Morgan fingerprint density at radius 1 is 1.16 bits per heavy atom. The molecule has 19 heavy (non-hydrogen) atoms. The highest BCUT2D eigenvalue weighted by atomic mass is 15.0. The molecule has 0 aliphatic rings. The van der Waals surface area contributed by atoms with E-state index in [1.807, 2.05) is 48.5 Å². The average molecular weight is 251 g/mol. The van der Waals surface area contributed by atoms with Crippen LogP contribution in [0.15, 0.2) is 54.7 Å². The van der Waals surface area contributed by atoms with Crippen LogP contribution in [-0.2, 0) is 0 Å². The summed E-state index contributed by atoms with van der Waals surface area (Å²) in [6, 6.07) is 18.3. The van der Waals surface area contributed by atoms with Crippen molar-refractivity contribution < 1.29 is 0 Å². The van der Waals surface area contributed by atoms with Gasteiger partial charge >= 0.3 is 0 Å². The summed E-state index contributed by atoms with van der Waals surface area (Å²) in [6.45, 7) is 2.07. The van der Waals surface area contributed by atoms with Crippen LogP contribution in [0.1, 0.15) is 36.7 Å². The molecule has 2 rings (SSSR count). The molecule has 96 valence electrons. The quantitative estimate of drug-likeness (QED) is 0.886. The largest absolute Gasteiger partial charge is 0.301 e. The molecule has 0 aliphatic heterocycles. The smallest absolute Gasteiger partial charge is 0.0641 e. The number of nitriles is 1. The molecule has 0 amide bonds. The zero-order chi connectivity index (χ0) is 13.5. The highest BCUT2D eigenvalue weighted by Crippen LogP contribution is 2.20. The minimum atomic E-state index is 0.0307. The van der Waals surface area contributed by atoms with E-state index in [1.165, 1.54) is 0 Å². The third-order valence-electron chi connectivity index (χ3n) is 3.08. The molecule has 0 fully saturated rings. The van der Waals surface area contributed by atoms with E-state index < -0.39 is 0 Å². The molecule has 1 aromatic carbocycles. The van der Waals surface area contributed by atoms with Gasteiger partial charge in [0.05, 0.1) is 18.2 Å². The van der Waals surface area contributed by atoms with Crippen molar-refractivity contribution in [2.45, 2.75) is 25.4 Å². The second kappa shape index (κ2) is 6.67. The van der Waals surface area contributed by atoms with E-state index in [0.29, 0.717) is 6.42 Å². The molecule has 3 heteroatoms. The summed E-state index contributed by atoms with van der Waals surface area (Å²) >= 11 is 0. The maximum atomic E-state index is 8.98. The van der Waals surface area contributed by atoms with Crippen molar-refractivity contribution in [3.05, 3.63) is 66.0 Å². The number of aromatic nitrogens is 1. The highest BCUT2D eigenvalue weighted by Gasteiger charge is 2.15. The van der Waals surface area contributed by atoms with Crippen LogP contribution < -0.4 is 5.32 Å². The van der Waals surface area contributed by atoms with Gasteiger partial charge in [0.1, 0.15) is 0 Å². The third-order valence-corrected chi connectivity index (χ3v) is 3.08. The number of hydrogen-bond acceptors (Lipinski definition) is 3. The first kappa shape index (κ1) is 13.3. The fourth-order valence-electron chi connectivity index (χ4n) is 2.07. The topological polar surface area (TPSA) is 48.7 Å². The lowest BCUT2D eigenvalue weighted by Gasteiger charge is -2.21. The molecule has 2 atom stereocenters. The van der Waals surface area contributed by atoms with Crippen molar-refractivity contribution >= 4 is 0 Å². The van der Waals surface area contributed by atoms with Crippen molar-refractivity contribution in [1.82, 2.24) is 10.3 Å². The molecule has 0 radical (unpaired) electrons. The minimum absolute atomic E-state index is 0.0307. The van der Waals surface area contributed by atoms with E-state index in [1.54, 1.807) is 6.20 Å². The monoisotopic (exact) mass is 251 g/mol. The first-order valence-corrected chi connectivity index (χ1v) is 6.40. The van der Waals surface area contributed by atoms with Crippen LogP contribution in [0.5, 0.6) is 0 Å². The molecule has 0 saturated heterocycles. The maximum absolute atomic E-state index is 8.98. The van der Waals surface area contributed by atoms with E-state index in [4.69, 9.17) is 5.26 Å². The predicted octanol–water partition coefficient (Wildman–Crippen LogP) is 3.39. The Kier molecular flexibility index (Phi) is 4.66. The van der Waals surface area contributed by atoms with Gasteiger partial charge in [-0.05, 0) is 24.6 Å². The van der Waals surface area contributed by atoms with Crippen molar-refractivity contribution in [3.63, 3.8) is 0 Å². The maximum Gasteiger partial charge on any atom is 0.0641 e. The number of pyridine rings is 1. The van der Waals surface area contributed by atoms with Crippen LogP contribution in [0.3, 0.4) is 0 Å². The summed E-state index contributed by atoms with van der Waals surface area (Å²) in [6.07, 6.45) is 2.23. The van der Waals surface area contributed by atoms with E-state index >= 15 is 0 Å². The Bertz CT molecular complexity index is 531. The Hall–Kier alpha value is -2.18. The number of nitrogens with one attached hydrogen (secondary N) is 1. The average Bonchev–Trinajstić information content (AvgIpc) is 2.48. The van der Waals surface area contributed by atoms with Crippen molar-refractivity contribution in [3.8, 4) is 6.07 Å². The SMILES string of the molecule is C[C@H](NC(CC#N)c1ccccc1)c1ccccn1. The lowest BCUT2D eigenvalue weighted by Crippen LogP contribution is -2.25. The Morgan fingerprint density at radius 3 is 2.53 bits per heavy atom. The van der Waals surface area contributed by atoms with Crippen LogP contribution in [0.4, 0.5) is 0 Å². The second-order valence-corrected chi connectivity index (χ2v) is 4.47. The van der Waals surface area contributed by atoms with E-state index in [9.17, 15) is 0 Å². The van der Waals surface area contributed by atoms with Crippen molar-refractivity contribution in [2.24, 2.45) is 0 Å². The predicted molar refractivity (Wildman–Crippen MR) is 75.2 cm³/mol. The van der Waals surface area contributed by atoms with Crippen LogP contribution in [0.2, 0.25) is 0 Å². The summed E-state index contributed by atoms with van der Waals surface area (Å²) < 4.78 is 0. The molecular weight excluding hydrogens is 234 g/mol. The molecule has 0 spiro atoms. The normalized spacial score (nSPS) is 13.5. The van der Waals surface area contributed by atoms with Gasteiger partial charge in [-0.3, -0.25) is 4.98 Å². The van der Waals surface area contributed by atoms with Crippen molar-refractivity contribution in [2.75, 3.05) is 0 Å². The fraction of sp³-hybridized carbons (Fsp3) is 0.250. The molecular formula is C16H17N3. The Balaban J connectivity index is 2.12. The van der Waals surface area contributed by atoms with Crippen LogP contribution in [-0.4, -0.2) is 4.98 Å². The van der Waals surface area contributed by atoms with E-state index in [2.05, 4.69) is 23.3 Å². The van der Waals surface area contributed by atoms with Crippen LogP contribution in [0, 0.1) is 11.3 Å². The zero-order valence-corrected chi connectivity index (χ0v) is 11.0. The van der Waals surface area contributed by atoms with E-state index in [0.717, 1.165) is 11.3 Å². The molecule has 0 aliphatic carbocycles. The summed E-state index contributed by atoms with van der Waals surface area (Å²) in [7, 11) is 0. The molecule has 0 saturated carbocycles. The van der Waals surface area contributed by atoms with Gasteiger partial charge in [-0.25, -0.2) is 0 Å². The zero-order valence-electron chi connectivity index (χ0n) is 11.0. The van der Waals surface area contributed by atoms with Gasteiger partial charge in [0.25, 0.3) is 0 Å². The Morgan fingerprint density at radius 2 is 1.89 bits per heavy atom. The molecule has 1 aromatic heterocycles. The molecule has 0 bridgehead atoms. The molecule has 3 nitrogen and oxygen atoms in total. The standard InChI is InChI=1S/C16H17N3/c1-13(15-9-5-6-12-18-15)19-16(10-11-17)14-7-3-2-4-8-14/h2-9,12-13,16,19H,10H2,1H3/t13-,16?/m0/s1. The Labute approximate surface area is 113 Å². The summed E-state index contributed by atoms with van der Waals surface area (Å²) in [5, 5.41) is 12.4. The highest BCUT2D eigenvalue weighted by molar-refractivity contribution is 5.21. The number of hydrogen-bond donors (Lipinski definition) is 1. The molecule has 1 N–H and O–H groups in total. The van der Waals surface area contributed by atoms with Gasteiger partial charge in [-0.2, -0.15) is 5.26 Å². The van der Waals surface area contributed by atoms with Crippen LogP contribution >= 0.6 is 0 Å². The first-order valence-electron chi connectivity index (χ1n) is 6.40. The first-order chi connectivity index (χ1) is 9.31. The van der Waals surface area contributed by atoms with Crippen LogP contribution in [0.25, 0.3) is 0 Å². The molecule has 2 aromatic rings. The minimum Gasteiger partial charge on any atom is -0.301 e. The van der Waals surface area contributed by atoms with Gasteiger partial charge in [-0.15, -0.1) is 0 Å². The molecule has 1 unspecified atom stereocenters. The number of benzene rings is 1. The number of nitrogens with zero attached hydrogens (tertiary/aromatic N) is 2. The van der Waals surface area contributed by atoms with Gasteiger partial charge < -0.3 is 5.32 Å². The van der Waals surface area contributed by atoms with E-state index in [-0.39, 0.29) is 12.1 Å². The number of rotatable bonds is 5. The summed E-state index contributed by atoms with van der Waals surface area (Å²) in [5.74, 6) is 0. The van der Waals surface area contributed by atoms with Gasteiger partial charge in [0, 0.05) is 18.3 Å². The molecule has 1 heterocycles. The summed E-state index contributed by atoms with van der Waals surface area (Å²) in [5.41, 5.74) is 2.12. The summed E-state index contributed by atoms with van der Waals surface area (Å²) in [4.78, 5) is 4.34. The second-order valence-electron chi connectivity index (χ2n) is 4.47. The fourth-order valence-corrected chi connectivity index (χ4v) is 2.07. The third kappa shape index (κ3) is 3.64. The van der Waals surface area contributed by atoms with Gasteiger partial charge in [0.2, 0.25) is 0 Å². The van der Waals surface area contributed by atoms with Crippen molar-refractivity contribution in [1.29, 1.82) is 5.26 Å². The lowest BCUT2D eigenvalue weighted by atomic mass is 10.0. The lowest BCUT2D eigenvalue weighted by molar-refractivity contribution is 0.465. The van der Waals surface area contributed by atoms with Gasteiger partial charge in [-0.1, -0.05) is 36.4 Å².